The molecular weight excluding hydrogens is 769 g/mol. The highest BCUT2D eigenvalue weighted by Crippen LogP contribution is 2.45. The maximum absolute atomic E-state index is 16.3. The predicted molar refractivity (Wildman–Crippen MR) is 232 cm³/mol. The number of nitrogen functional groups attached to an aromatic ring is 1. The number of benzene rings is 1. The normalized spacial score (nSPS) is 22.4. The van der Waals surface area contributed by atoms with Crippen molar-refractivity contribution in [1.29, 1.82) is 0 Å². The maximum atomic E-state index is 16.3. The molecule has 3 fully saturated rings. The topological polar surface area (TPSA) is 133 Å². The van der Waals surface area contributed by atoms with Gasteiger partial charge in [-0.3, -0.25) is 9.58 Å². The number of aromatic nitrogens is 6. The van der Waals surface area contributed by atoms with Gasteiger partial charge in [-0.15, -0.1) is 5.54 Å². The third-order valence-electron chi connectivity index (χ3n) is 13.3. The van der Waals surface area contributed by atoms with Crippen molar-refractivity contribution in [3.05, 3.63) is 41.5 Å². The van der Waals surface area contributed by atoms with Gasteiger partial charge in [0.05, 0.1) is 53.6 Å². The number of ether oxygens (including phenoxy) is 2. The van der Waals surface area contributed by atoms with Crippen LogP contribution in [0.25, 0.3) is 44.2 Å². The Labute approximate surface area is 345 Å². The molecule has 3 N–H and O–H groups in total. The van der Waals surface area contributed by atoms with Gasteiger partial charge in [0.25, 0.3) is 0 Å². The van der Waals surface area contributed by atoms with E-state index in [1.54, 1.807) is 23.7 Å². The van der Waals surface area contributed by atoms with Crippen LogP contribution in [0.5, 0.6) is 6.01 Å². The van der Waals surface area contributed by atoms with E-state index >= 15 is 4.39 Å². The molecule has 4 aromatic heterocycles. The van der Waals surface area contributed by atoms with E-state index in [2.05, 4.69) is 57.9 Å². The summed E-state index contributed by atoms with van der Waals surface area (Å²) in [6.07, 6.45) is 3.22. The number of nitrogens with zero attached hydrogens (tertiary/aromatic N) is 8. The second-order valence-corrected chi connectivity index (χ2v) is 23.9. The Hall–Kier alpha value is -4.62. The van der Waals surface area contributed by atoms with Crippen LogP contribution < -0.4 is 15.4 Å². The van der Waals surface area contributed by atoms with Crippen molar-refractivity contribution < 1.29 is 23.4 Å². The zero-order valence-electron chi connectivity index (χ0n) is 35.8. The summed E-state index contributed by atoms with van der Waals surface area (Å²) in [5.74, 6) is 3.81. The zero-order chi connectivity index (χ0) is 42.2. The first-order valence-electron chi connectivity index (χ1n) is 20.9. The Balaban J connectivity index is 1.35. The van der Waals surface area contributed by atoms with Crippen molar-refractivity contribution in [2.75, 3.05) is 56.6 Å². The van der Waals surface area contributed by atoms with Gasteiger partial charge in [0, 0.05) is 32.6 Å². The quantitative estimate of drug-likeness (QED) is 0.120. The number of aryl methyl sites for hydroxylation is 2. The van der Waals surface area contributed by atoms with Gasteiger partial charge >= 0.3 is 6.01 Å². The highest BCUT2D eigenvalue weighted by atomic mass is 28.3. The van der Waals surface area contributed by atoms with E-state index in [0.29, 0.717) is 93.9 Å². The van der Waals surface area contributed by atoms with Crippen LogP contribution in [0.4, 0.5) is 20.4 Å². The number of halogens is 2. The van der Waals surface area contributed by atoms with Gasteiger partial charge in [0.2, 0.25) is 0 Å². The molecule has 0 radical (unpaired) electrons. The van der Waals surface area contributed by atoms with E-state index in [-0.39, 0.29) is 36.1 Å². The molecule has 0 amide bonds. The number of hydrogen-bond donors (Lipinski definition) is 2. The van der Waals surface area contributed by atoms with Crippen LogP contribution in [0, 0.1) is 17.3 Å². The Morgan fingerprint density at radius 3 is 2.49 bits per heavy atom. The molecule has 0 spiro atoms. The lowest BCUT2D eigenvalue weighted by Crippen LogP contribution is -2.44. The van der Waals surface area contributed by atoms with Crippen LogP contribution in [0.3, 0.4) is 0 Å². The molecule has 3 aliphatic rings. The minimum absolute atomic E-state index is 0.176. The number of fused-ring (bicyclic) bond motifs is 5. The van der Waals surface area contributed by atoms with Gasteiger partial charge in [-0.25, -0.2) is 13.8 Å². The van der Waals surface area contributed by atoms with Gasteiger partial charge in [0.15, 0.2) is 5.65 Å². The van der Waals surface area contributed by atoms with E-state index in [1.807, 2.05) is 23.6 Å². The fourth-order valence-electron chi connectivity index (χ4n) is 10.6. The van der Waals surface area contributed by atoms with Crippen LogP contribution in [-0.2, 0) is 18.8 Å². The largest absolute Gasteiger partial charge is 0.461 e. The molecule has 59 heavy (non-hydrogen) atoms. The van der Waals surface area contributed by atoms with Crippen molar-refractivity contribution in [2.45, 2.75) is 95.5 Å². The lowest BCUT2D eigenvalue weighted by Gasteiger charge is -2.38. The van der Waals surface area contributed by atoms with Crippen molar-refractivity contribution in [3.63, 3.8) is 0 Å². The van der Waals surface area contributed by atoms with E-state index in [4.69, 9.17) is 35.3 Å². The molecule has 0 bridgehead atoms. The smallest absolute Gasteiger partial charge is 0.320 e. The van der Waals surface area contributed by atoms with E-state index < -0.39 is 19.5 Å². The molecule has 5 aromatic rings. The lowest BCUT2D eigenvalue weighted by atomic mass is 9.94. The first-order chi connectivity index (χ1) is 28.0. The van der Waals surface area contributed by atoms with Crippen molar-refractivity contribution >= 4 is 52.5 Å². The molecule has 0 unspecified atom stereocenters. The van der Waals surface area contributed by atoms with Crippen molar-refractivity contribution in [1.82, 2.24) is 34.2 Å². The Morgan fingerprint density at radius 1 is 1.03 bits per heavy atom. The summed E-state index contributed by atoms with van der Waals surface area (Å²) in [7, 11) is 1.52. The van der Waals surface area contributed by atoms with E-state index in [1.165, 1.54) is 6.07 Å². The summed E-state index contributed by atoms with van der Waals surface area (Å²) in [6, 6.07) is 5.11. The third kappa shape index (κ3) is 6.85. The molecule has 314 valence electrons. The number of rotatable bonds is 8. The molecule has 0 aliphatic carbocycles. The number of anilines is 2. The molecular formula is C44H57F2N9O3Si. The lowest BCUT2D eigenvalue weighted by molar-refractivity contribution is -0.0123. The zero-order valence-corrected chi connectivity index (χ0v) is 36.8. The number of nitrogens with two attached hydrogens (primary N) is 1. The van der Waals surface area contributed by atoms with Crippen LogP contribution in [0.1, 0.15) is 73.3 Å². The molecule has 3 aliphatic heterocycles. The van der Waals surface area contributed by atoms with Crippen molar-refractivity contribution in [3.8, 4) is 28.9 Å². The summed E-state index contributed by atoms with van der Waals surface area (Å²) in [4.78, 5) is 19.3. The highest BCUT2D eigenvalue weighted by Gasteiger charge is 2.47. The second kappa shape index (κ2) is 15.1. The average molecular weight is 826 g/mol. The summed E-state index contributed by atoms with van der Waals surface area (Å²) >= 11 is 0. The Morgan fingerprint density at radius 2 is 1.78 bits per heavy atom. The van der Waals surface area contributed by atoms with Gasteiger partial charge in [-0.2, -0.15) is 15.1 Å². The Kier molecular flexibility index (Phi) is 10.5. The molecule has 8 rings (SSSR count). The van der Waals surface area contributed by atoms with Crippen LogP contribution >= 0.6 is 0 Å². The standard InChI is InChI=1S/C44H57F2N9O3Si/c1-26(2)59(27(3)4,28(5)6)18-13-31-32(46)12-11-30-19-33(47)48-36(34(30)31)37-39-38(53(9)51-37)35-40(52(39)8)49-42(50-41(35)54-16-17-57-24-43(7,56)23-54)58-25-44-14-10-15-55(44)22-29(20-44)21-45/h11-12,19,21,26-28,56H,10,14-17,20,22-25H2,1-9H3,(H2,47,48)/b29-21-/t43-,44-/m0/s1. The molecule has 2 atom stereocenters. The van der Waals surface area contributed by atoms with Crippen molar-refractivity contribution in [2.24, 2.45) is 14.1 Å². The second-order valence-electron chi connectivity index (χ2n) is 18.3. The predicted octanol–water partition coefficient (Wildman–Crippen LogP) is 7.42. The monoisotopic (exact) mass is 825 g/mol. The van der Waals surface area contributed by atoms with Crippen LogP contribution in [-0.4, -0.2) is 105 Å². The SMILES string of the molecule is CC(C)[Si](C#Cc1c(F)ccc2cc(N)nc(-c3nn(C)c4c5c(N6CCOC[C@@](C)(O)C6)nc(OC[C@@]67CCCN6C/C(=C\F)C7)nc5n(C)c34)c12)(C(C)C)C(C)C. The summed E-state index contributed by atoms with van der Waals surface area (Å²) < 4.78 is 46.1. The number of pyridine rings is 1. The van der Waals surface area contributed by atoms with Gasteiger partial charge in [0.1, 0.15) is 49.1 Å². The fourth-order valence-corrected chi connectivity index (χ4v) is 15.8. The third-order valence-corrected chi connectivity index (χ3v) is 19.6. The molecule has 0 saturated carbocycles. The minimum Gasteiger partial charge on any atom is -0.461 e. The highest BCUT2D eigenvalue weighted by molar-refractivity contribution is 6.90. The number of β-amino-alcohol motifs (C(OH)–C–C–N with tert-alkyl or cyclic N) is 1. The van der Waals surface area contributed by atoms with Gasteiger partial charge in [-0.05, 0) is 72.4 Å². The fraction of sp³-hybridized carbons (Fsp3) is 0.545. The van der Waals surface area contributed by atoms with Gasteiger partial charge < -0.3 is 29.8 Å². The molecule has 7 heterocycles. The number of hydrogen-bond acceptors (Lipinski definition) is 10. The first-order valence-corrected chi connectivity index (χ1v) is 23.1. The Bertz CT molecular complexity index is 2530. The summed E-state index contributed by atoms with van der Waals surface area (Å²) in [5.41, 5.74) is 13.8. The molecule has 1 aromatic carbocycles. The minimum atomic E-state index is -2.25. The van der Waals surface area contributed by atoms with Gasteiger partial charge in [-0.1, -0.05) is 53.5 Å². The average Bonchev–Trinajstić information content (AvgIpc) is 3.87. The van der Waals surface area contributed by atoms with Crippen LogP contribution in [0.15, 0.2) is 30.1 Å². The molecule has 3 saturated heterocycles. The number of aliphatic hydroxyl groups is 1. The maximum Gasteiger partial charge on any atom is 0.320 e. The molecule has 12 nitrogen and oxygen atoms in total. The van der Waals surface area contributed by atoms with E-state index in [0.717, 1.165) is 36.8 Å². The molecule has 15 heteroatoms. The summed E-state index contributed by atoms with van der Waals surface area (Å²) in [6.45, 7) is 18.2. The first kappa shape index (κ1) is 41.1. The van der Waals surface area contributed by atoms with E-state index in [9.17, 15) is 9.50 Å². The summed E-state index contributed by atoms with van der Waals surface area (Å²) in [5, 5.41) is 18.4. The van der Waals surface area contributed by atoms with Crippen LogP contribution in [0.2, 0.25) is 16.6 Å².